The molecule has 1 heterocycles. The van der Waals surface area contributed by atoms with Crippen LogP contribution in [0.2, 0.25) is 0 Å². The molecule has 2 fully saturated rings. The number of rotatable bonds is 4. The molecule has 0 bridgehead atoms. The van der Waals surface area contributed by atoms with Gasteiger partial charge in [-0.2, -0.15) is 0 Å². The standard InChI is InChI=1S/C16H20F2N2O/c1-10-16(21)20(8-7-11-3-2-4-11)15(19-10)13-6-5-12(17)9-14(13)18/h5-6,9-11,15,19H,2-4,7-8H2,1H3. The molecule has 21 heavy (non-hydrogen) atoms. The zero-order chi connectivity index (χ0) is 15.0. The van der Waals surface area contributed by atoms with Crippen LogP contribution in [0.25, 0.3) is 0 Å². The second-order valence-electron chi connectivity index (χ2n) is 6.07. The van der Waals surface area contributed by atoms with Crippen molar-refractivity contribution in [1.82, 2.24) is 10.2 Å². The fourth-order valence-electron chi connectivity index (χ4n) is 3.10. The molecule has 2 unspecified atom stereocenters. The fraction of sp³-hybridized carbons (Fsp3) is 0.562. The smallest absolute Gasteiger partial charge is 0.241 e. The first kappa shape index (κ1) is 14.4. The molecule has 1 saturated carbocycles. The van der Waals surface area contributed by atoms with E-state index in [2.05, 4.69) is 5.32 Å². The van der Waals surface area contributed by atoms with E-state index in [4.69, 9.17) is 0 Å². The highest BCUT2D eigenvalue weighted by Gasteiger charge is 2.38. The van der Waals surface area contributed by atoms with Crippen LogP contribution in [0.15, 0.2) is 18.2 Å². The Bertz CT molecular complexity index is 545. The van der Waals surface area contributed by atoms with Crippen molar-refractivity contribution in [2.24, 2.45) is 5.92 Å². The Morgan fingerprint density at radius 3 is 2.71 bits per heavy atom. The van der Waals surface area contributed by atoms with Gasteiger partial charge in [-0.25, -0.2) is 8.78 Å². The summed E-state index contributed by atoms with van der Waals surface area (Å²) in [6.45, 7) is 2.41. The van der Waals surface area contributed by atoms with E-state index in [-0.39, 0.29) is 11.9 Å². The highest BCUT2D eigenvalue weighted by molar-refractivity contribution is 5.84. The van der Waals surface area contributed by atoms with Crippen LogP contribution in [0.3, 0.4) is 0 Å². The van der Waals surface area contributed by atoms with Gasteiger partial charge in [0.2, 0.25) is 5.91 Å². The Labute approximate surface area is 123 Å². The van der Waals surface area contributed by atoms with E-state index >= 15 is 0 Å². The summed E-state index contributed by atoms with van der Waals surface area (Å²) < 4.78 is 27.0. The van der Waals surface area contributed by atoms with Gasteiger partial charge in [0.15, 0.2) is 0 Å². The highest BCUT2D eigenvalue weighted by atomic mass is 19.1. The predicted molar refractivity (Wildman–Crippen MR) is 75.4 cm³/mol. The minimum Gasteiger partial charge on any atom is -0.321 e. The van der Waals surface area contributed by atoms with Gasteiger partial charge in [-0.1, -0.05) is 19.3 Å². The van der Waals surface area contributed by atoms with Crippen LogP contribution in [-0.2, 0) is 4.79 Å². The van der Waals surface area contributed by atoms with E-state index < -0.39 is 17.8 Å². The highest BCUT2D eigenvalue weighted by Crippen LogP contribution is 2.32. The Hall–Kier alpha value is -1.49. The van der Waals surface area contributed by atoms with Gasteiger partial charge >= 0.3 is 0 Å². The maximum atomic E-state index is 14.0. The summed E-state index contributed by atoms with van der Waals surface area (Å²) in [5.74, 6) is -0.534. The van der Waals surface area contributed by atoms with Gasteiger partial charge in [0.05, 0.1) is 6.04 Å². The van der Waals surface area contributed by atoms with Crippen molar-refractivity contribution in [2.75, 3.05) is 6.54 Å². The van der Waals surface area contributed by atoms with Gasteiger partial charge in [0.1, 0.15) is 17.8 Å². The lowest BCUT2D eigenvalue weighted by Gasteiger charge is -2.30. The van der Waals surface area contributed by atoms with Crippen molar-refractivity contribution in [3.63, 3.8) is 0 Å². The van der Waals surface area contributed by atoms with Crippen molar-refractivity contribution in [3.8, 4) is 0 Å². The number of carbonyl (C=O) groups excluding carboxylic acids is 1. The Morgan fingerprint density at radius 1 is 1.33 bits per heavy atom. The molecule has 3 nitrogen and oxygen atoms in total. The molecule has 1 saturated heterocycles. The zero-order valence-electron chi connectivity index (χ0n) is 12.1. The number of hydrogen-bond acceptors (Lipinski definition) is 2. The summed E-state index contributed by atoms with van der Waals surface area (Å²) in [5.41, 5.74) is 0.336. The second kappa shape index (κ2) is 5.72. The summed E-state index contributed by atoms with van der Waals surface area (Å²) >= 11 is 0. The van der Waals surface area contributed by atoms with E-state index in [1.807, 2.05) is 0 Å². The monoisotopic (exact) mass is 294 g/mol. The molecule has 1 aromatic rings. The van der Waals surface area contributed by atoms with Crippen LogP contribution < -0.4 is 5.32 Å². The third-order valence-corrected chi connectivity index (χ3v) is 4.63. The molecule has 2 atom stereocenters. The molecule has 1 N–H and O–H groups in total. The molecule has 1 aliphatic heterocycles. The topological polar surface area (TPSA) is 32.3 Å². The molecule has 0 radical (unpaired) electrons. The van der Waals surface area contributed by atoms with Crippen molar-refractivity contribution >= 4 is 5.91 Å². The van der Waals surface area contributed by atoms with Crippen LogP contribution in [0.5, 0.6) is 0 Å². The second-order valence-corrected chi connectivity index (χ2v) is 6.07. The van der Waals surface area contributed by atoms with Gasteiger partial charge < -0.3 is 4.90 Å². The van der Waals surface area contributed by atoms with Crippen LogP contribution in [0.1, 0.15) is 44.3 Å². The van der Waals surface area contributed by atoms with Crippen LogP contribution in [0.4, 0.5) is 8.78 Å². The summed E-state index contributed by atoms with van der Waals surface area (Å²) in [4.78, 5) is 13.9. The summed E-state index contributed by atoms with van der Waals surface area (Å²) in [5, 5.41) is 3.10. The van der Waals surface area contributed by atoms with Gasteiger partial charge in [0, 0.05) is 18.2 Å². The van der Waals surface area contributed by atoms with E-state index in [0.29, 0.717) is 18.0 Å². The van der Waals surface area contributed by atoms with Crippen molar-refractivity contribution in [3.05, 3.63) is 35.4 Å². The van der Waals surface area contributed by atoms with E-state index in [9.17, 15) is 13.6 Å². The summed E-state index contributed by atoms with van der Waals surface area (Å²) in [6.07, 6.45) is 4.18. The lowest BCUT2D eigenvalue weighted by Crippen LogP contribution is -2.33. The molecule has 0 aromatic heterocycles. The zero-order valence-corrected chi connectivity index (χ0v) is 12.1. The maximum absolute atomic E-state index is 14.0. The quantitative estimate of drug-likeness (QED) is 0.926. The number of nitrogens with one attached hydrogen (secondary N) is 1. The van der Waals surface area contributed by atoms with E-state index in [1.165, 1.54) is 31.4 Å². The lowest BCUT2D eigenvalue weighted by atomic mass is 9.83. The van der Waals surface area contributed by atoms with E-state index in [1.54, 1.807) is 11.8 Å². The lowest BCUT2D eigenvalue weighted by molar-refractivity contribution is -0.130. The number of halogens is 2. The van der Waals surface area contributed by atoms with Gasteiger partial charge in [-0.3, -0.25) is 10.1 Å². The molecule has 0 spiro atoms. The number of hydrogen-bond donors (Lipinski definition) is 1. The molecule has 5 heteroatoms. The Kier molecular flexibility index (Phi) is 3.93. The number of carbonyl (C=O) groups is 1. The SMILES string of the molecule is CC1NC(c2ccc(F)cc2F)N(CCC2CCC2)C1=O. The number of nitrogens with zero attached hydrogens (tertiary/aromatic N) is 1. The Morgan fingerprint density at radius 2 is 2.10 bits per heavy atom. The first-order chi connectivity index (χ1) is 10.1. The van der Waals surface area contributed by atoms with Crippen LogP contribution in [-0.4, -0.2) is 23.4 Å². The molecule has 1 aromatic carbocycles. The van der Waals surface area contributed by atoms with Crippen LogP contribution >= 0.6 is 0 Å². The van der Waals surface area contributed by atoms with Gasteiger partial charge in [-0.15, -0.1) is 0 Å². The third-order valence-electron chi connectivity index (χ3n) is 4.63. The molecule has 1 aliphatic carbocycles. The van der Waals surface area contributed by atoms with Crippen molar-refractivity contribution in [1.29, 1.82) is 0 Å². The Balaban J connectivity index is 1.78. The molecule has 2 aliphatic rings. The average Bonchev–Trinajstić information content (AvgIpc) is 2.65. The summed E-state index contributed by atoms with van der Waals surface area (Å²) in [6, 6.07) is 3.19. The molecule has 114 valence electrons. The minimum atomic E-state index is -0.608. The summed E-state index contributed by atoms with van der Waals surface area (Å²) in [7, 11) is 0. The number of amides is 1. The third kappa shape index (κ3) is 2.79. The molecule has 1 amide bonds. The normalized spacial score (nSPS) is 26.2. The first-order valence-electron chi connectivity index (χ1n) is 7.57. The average molecular weight is 294 g/mol. The van der Waals surface area contributed by atoms with Gasteiger partial charge in [0.25, 0.3) is 0 Å². The van der Waals surface area contributed by atoms with Crippen LogP contribution in [0, 0.1) is 17.6 Å². The largest absolute Gasteiger partial charge is 0.321 e. The van der Waals surface area contributed by atoms with Crippen molar-refractivity contribution < 1.29 is 13.6 Å². The molecule has 3 rings (SSSR count). The number of benzene rings is 1. The van der Waals surface area contributed by atoms with Crippen molar-refractivity contribution in [2.45, 2.75) is 44.8 Å². The molecular formula is C16H20F2N2O. The van der Waals surface area contributed by atoms with Gasteiger partial charge in [-0.05, 0) is 31.4 Å². The fourth-order valence-corrected chi connectivity index (χ4v) is 3.10. The maximum Gasteiger partial charge on any atom is 0.241 e. The van der Waals surface area contributed by atoms with E-state index in [0.717, 1.165) is 12.5 Å². The predicted octanol–water partition coefficient (Wildman–Crippen LogP) is 2.97. The minimum absolute atomic E-state index is 0.0111. The molecular weight excluding hydrogens is 274 g/mol. The first-order valence-corrected chi connectivity index (χ1v) is 7.57.